The van der Waals surface area contributed by atoms with Crippen molar-refractivity contribution in [2.24, 2.45) is 0 Å². The second-order valence-electron chi connectivity index (χ2n) is 6.14. The van der Waals surface area contributed by atoms with Gasteiger partial charge in [-0.3, -0.25) is 10.1 Å². The van der Waals surface area contributed by atoms with E-state index in [4.69, 9.17) is 16.0 Å². The molecule has 0 aliphatic heterocycles. The van der Waals surface area contributed by atoms with Gasteiger partial charge in [-0.15, -0.1) is 0 Å². The number of anilines is 1. The van der Waals surface area contributed by atoms with Crippen LogP contribution < -0.4 is 5.32 Å². The Morgan fingerprint density at radius 1 is 1.03 bits per heavy atom. The van der Waals surface area contributed by atoms with Gasteiger partial charge in [0.1, 0.15) is 0 Å². The molecule has 0 aliphatic carbocycles. The molecule has 6 nitrogen and oxygen atoms in total. The van der Waals surface area contributed by atoms with E-state index in [9.17, 15) is 18.0 Å². The molecule has 4 aromatic rings. The predicted molar refractivity (Wildman–Crippen MR) is 103 cm³/mol. The van der Waals surface area contributed by atoms with Crippen LogP contribution in [-0.2, 0) is 6.18 Å². The van der Waals surface area contributed by atoms with Crippen LogP contribution in [0.25, 0.3) is 17.0 Å². The van der Waals surface area contributed by atoms with E-state index in [-0.39, 0.29) is 11.7 Å². The molecule has 1 N–H and O–H groups in total. The van der Waals surface area contributed by atoms with Crippen molar-refractivity contribution < 1.29 is 22.4 Å². The highest BCUT2D eigenvalue weighted by atomic mass is 35.5. The molecule has 0 aliphatic rings. The molecule has 0 unspecified atom stereocenters. The lowest BCUT2D eigenvalue weighted by atomic mass is 10.2. The first-order valence-electron chi connectivity index (χ1n) is 8.56. The lowest BCUT2D eigenvalue weighted by molar-refractivity contribution is -0.143. The number of carbonyl (C=O) groups excluding carboxylic acids is 1. The SMILES string of the molecule is O=C(Nc1ncc(-c2ccccc2)o1)c1cnn(-c2ccc(Cl)cc2)c1C(F)(F)F. The number of aromatic nitrogens is 3. The molecule has 0 fully saturated rings. The Morgan fingerprint density at radius 3 is 2.40 bits per heavy atom. The van der Waals surface area contributed by atoms with Gasteiger partial charge >= 0.3 is 12.2 Å². The Morgan fingerprint density at radius 2 is 1.73 bits per heavy atom. The van der Waals surface area contributed by atoms with Crippen LogP contribution in [0.2, 0.25) is 5.02 Å². The summed E-state index contributed by atoms with van der Waals surface area (Å²) < 4.78 is 47.2. The molecule has 2 heterocycles. The average Bonchev–Trinajstić information content (AvgIpc) is 3.36. The molecule has 10 heteroatoms. The van der Waals surface area contributed by atoms with Crippen molar-refractivity contribution in [1.82, 2.24) is 14.8 Å². The van der Waals surface area contributed by atoms with Gasteiger partial charge in [0.15, 0.2) is 11.5 Å². The predicted octanol–water partition coefficient (Wildman–Crippen LogP) is 5.45. The van der Waals surface area contributed by atoms with Crippen LogP contribution in [0.5, 0.6) is 0 Å². The second kappa shape index (κ2) is 7.68. The van der Waals surface area contributed by atoms with E-state index in [1.807, 2.05) is 6.07 Å². The fourth-order valence-electron chi connectivity index (χ4n) is 2.80. The van der Waals surface area contributed by atoms with Gasteiger partial charge in [-0.2, -0.15) is 18.3 Å². The number of carbonyl (C=O) groups is 1. The van der Waals surface area contributed by atoms with E-state index >= 15 is 0 Å². The number of rotatable bonds is 4. The molecular formula is C20H12ClF3N4O2. The summed E-state index contributed by atoms with van der Waals surface area (Å²) in [5, 5.41) is 6.34. The molecule has 0 bridgehead atoms. The van der Waals surface area contributed by atoms with Crippen molar-refractivity contribution in [3.63, 3.8) is 0 Å². The first-order valence-corrected chi connectivity index (χ1v) is 8.94. The van der Waals surface area contributed by atoms with E-state index in [1.165, 1.54) is 30.5 Å². The zero-order chi connectivity index (χ0) is 21.3. The number of oxazole rings is 1. The Balaban J connectivity index is 1.65. The average molecular weight is 433 g/mol. The van der Waals surface area contributed by atoms with Gasteiger partial charge in [0.2, 0.25) is 0 Å². The molecule has 0 spiro atoms. The normalized spacial score (nSPS) is 11.5. The van der Waals surface area contributed by atoms with Crippen LogP contribution in [0, 0.1) is 0 Å². The number of amides is 1. The quantitative estimate of drug-likeness (QED) is 0.465. The van der Waals surface area contributed by atoms with E-state index in [2.05, 4.69) is 15.4 Å². The zero-order valence-corrected chi connectivity index (χ0v) is 15.8. The molecule has 1 amide bonds. The van der Waals surface area contributed by atoms with Crippen molar-refractivity contribution in [2.45, 2.75) is 6.18 Å². The number of alkyl halides is 3. The number of hydrogen-bond acceptors (Lipinski definition) is 4. The molecule has 0 radical (unpaired) electrons. The molecule has 2 aromatic carbocycles. The largest absolute Gasteiger partial charge is 0.434 e. The van der Waals surface area contributed by atoms with Crippen molar-refractivity contribution in [3.8, 4) is 17.0 Å². The molecule has 30 heavy (non-hydrogen) atoms. The van der Waals surface area contributed by atoms with Crippen molar-refractivity contribution in [3.05, 3.63) is 83.3 Å². The fraction of sp³-hybridized carbons (Fsp3) is 0.0500. The fourth-order valence-corrected chi connectivity index (χ4v) is 2.92. The van der Waals surface area contributed by atoms with Crippen LogP contribution in [0.1, 0.15) is 16.1 Å². The number of hydrogen-bond donors (Lipinski definition) is 1. The third-order valence-electron chi connectivity index (χ3n) is 4.14. The van der Waals surface area contributed by atoms with Crippen LogP contribution >= 0.6 is 11.6 Å². The number of nitrogens with one attached hydrogen (secondary N) is 1. The van der Waals surface area contributed by atoms with E-state index in [0.717, 1.165) is 6.20 Å². The molecule has 2 aromatic heterocycles. The van der Waals surface area contributed by atoms with E-state index in [1.54, 1.807) is 24.3 Å². The van der Waals surface area contributed by atoms with Crippen LogP contribution in [0.15, 0.2) is 71.4 Å². The topological polar surface area (TPSA) is 73.0 Å². The van der Waals surface area contributed by atoms with Crippen molar-refractivity contribution in [1.29, 1.82) is 0 Å². The van der Waals surface area contributed by atoms with Gasteiger partial charge in [-0.25, -0.2) is 9.67 Å². The smallest absolute Gasteiger partial charge is 0.423 e. The standard InChI is InChI=1S/C20H12ClF3N4O2/c21-13-6-8-14(9-7-13)28-17(20(22,23)24)15(10-26-28)18(29)27-19-25-11-16(30-19)12-4-2-1-3-5-12/h1-11H,(H,25,27,29). The number of nitrogens with zero attached hydrogens (tertiary/aromatic N) is 3. The van der Waals surface area contributed by atoms with Crippen molar-refractivity contribution >= 4 is 23.5 Å². The zero-order valence-electron chi connectivity index (χ0n) is 15.0. The lowest BCUT2D eigenvalue weighted by Gasteiger charge is -2.12. The molecule has 0 saturated heterocycles. The minimum atomic E-state index is -4.84. The summed E-state index contributed by atoms with van der Waals surface area (Å²) in [5.74, 6) is -0.692. The maximum Gasteiger partial charge on any atom is 0.434 e. The Kier molecular flexibility index (Phi) is 5.04. The number of benzene rings is 2. The lowest BCUT2D eigenvalue weighted by Crippen LogP contribution is -2.20. The Bertz CT molecular complexity index is 1180. The highest BCUT2D eigenvalue weighted by Crippen LogP contribution is 2.34. The molecule has 4 rings (SSSR count). The monoisotopic (exact) mass is 432 g/mol. The highest BCUT2D eigenvalue weighted by Gasteiger charge is 2.40. The summed E-state index contributed by atoms with van der Waals surface area (Å²) in [6, 6.07) is 14.3. The maximum absolute atomic E-state index is 13.7. The van der Waals surface area contributed by atoms with Gasteiger partial charge in [0, 0.05) is 10.6 Å². The highest BCUT2D eigenvalue weighted by molar-refractivity contribution is 6.30. The summed E-state index contributed by atoms with van der Waals surface area (Å²) in [7, 11) is 0. The molecule has 152 valence electrons. The molecule has 0 saturated carbocycles. The van der Waals surface area contributed by atoms with Gasteiger partial charge in [-0.1, -0.05) is 41.9 Å². The van der Waals surface area contributed by atoms with E-state index in [0.29, 0.717) is 21.0 Å². The summed E-state index contributed by atoms with van der Waals surface area (Å²) >= 11 is 5.79. The second-order valence-corrected chi connectivity index (χ2v) is 6.58. The summed E-state index contributed by atoms with van der Waals surface area (Å²) in [4.78, 5) is 16.4. The molecular weight excluding hydrogens is 421 g/mol. The summed E-state index contributed by atoms with van der Waals surface area (Å²) in [6.45, 7) is 0. The van der Waals surface area contributed by atoms with Crippen LogP contribution in [0.4, 0.5) is 19.2 Å². The molecule has 0 atom stereocenters. The maximum atomic E-state index is 13.7. The van der Waals surface area contributed by atoms with Gasteiger partial charge in [0.05, 0.1) is 23.6 Å². The Hall–Kier alpha value is -3.59. The minimum absolute atomic E-state index is 0.105. The Labute approximate surface area is 172 Å². The van der Waals surface area contributed by atoms with Crippen LogP contribution in [0.3, 0.4) is 0 Å². The van der Waals surface area contributed by atoms with Crippen molar-refractivity contribution in [2.75, 3.05) is 5.32 Å². The van der Waals surface area contributed by atoms with Gasteiger partial charge in [-0.05, 0) is 24.3 Å². The third-order valence-corrected chi connectivity index (χ3v) is 4.39. The summed E-state index contributed by atoms with van der Waals surface area (Å²) in [5.41, 5.74) is -1.08. The van der Waals surface area contributed by atoms with Crippen LogP contribution in [-0.4, -0.2) is 20.7 Å². The summed E-state index contributed by atoms with van der Waals surface area (Å²) in [6.07, 6.45) is -2.63. The van der Waals surface area contributed by atoms with Gasteiger partial charge < -0.3 is 4.42 Å². The minimum Gasteiger partial charge on any atom is -0.423 e. The first kappa shape index (κ1) is 19.7. The number of halogens is 4. The van der Waals surface area contributed by atoms with Gasteiger partial charge in [0.25, 0.3) is 5.91 Å². The van der Waals surface area contributed by atoms with E-state index < -0.39 is 23.3 Å². The third kappa shape index (κ3) is 3.92. The first-order chi connectivity index (χ1) is 14.3.